The van der Waals surface area contributed by atoms with Crippen LogP contribution in [0.2, 0.25) is 0 Å². The Kier molecular flexibility index (Phi) is 6.28. The molecule has 0 N–H and O–H groups in total. The first-order chi connectivity index (χ1) is 14.8. The Morgan fingerprint density at radius 3 is 1.06 bits per heavy atom. The van der Waals surface area contributed by atoms with Crippen LogP contribution in [0.4, 0.5) is 52.7 Å². The molecule has 13 heteroatoms. The molecular formula is C19H5AlF12. The van der Waals surface area contributed by atoms with Crippen LogP contribution in [0.25, 0.3) is 0 Å². The van der Waals surface area contributed by atoms with Crippen LogP contribution in [0.1, 0.15) is 5.56 Å². The highest BCUT2D eigenvalue weighted by molar-refractivity contribution is 6.95. The largest absolute Gasteiger partial charge is 0.412 e. The molecule has 0 unspecified atom stereocenters. The first-order valence-electron chi connectivity index (χ1n) is 8.29. The van der Waals surface area contributed by atoms with Gasteiger partial charge in [0.1, 0.15) is 23.3 Å². The van der Waals surface area contributed by atoms with E-state index >= 15 is 0 Å². The molecule has 0 aliphatic heterocycles. The summed E-state index contributed by atoms with van der Waals surface area (Å²) in [6.45, 7) is 0.550. The van der Waals surface area contributed by atoms with E-state index in [9.17, 15) is 52.7 Å². The maximum Gasteiger partial charge on any atom is 0.412 e. The van der Waals surface area contributed by atoms with Crippen LogP contribution in [0.3, 0.4) is 0 Å². The third-order valence-electron chi connectivity index (χ3n) is 4.68. The average molecular weight is 488 g/mol. The number of rotatable bonds is 3. The van der Waals surface area contributed by atoms with Gasteiger partial charge in [0.25, 0.3) is 0 Å². The Morgan fingerprint density at radius 1 is 0.406 bits per heavy atom. The topological polar surface area (TPSA) is 0 Å². The van der Waals surface area contributed by atoms with Gasteiger partial charge in [-0.1, -0.05) is 0 Å². The Morgan fingerprint density at radius 2 is 0.719 bits per heavy atom. The summed E-state index contributed by atoms with van der Waals surface area (Å²) in [4.78, 5) is 0. The standard InChI is InChI=1S/C7H3F4.2C6HF4.Al/c1-3-6(10)4(8)2-5(9)7(3)11;2*7-3-1-4(8)6(10)5(9)2-3;/h1H3;2*1H;. The summed E-state index contributed by atoms with van der Waals surface area (Å²) >= 11 is -5.26. The maximum atomic E-state index is 14.6. The molecule has 0 radical (unpaired) electrons. The molecule has 3 aromatic carbocycles. The van der Waals surface area contributed by atoms with Gasteiger partial charge < -0.3 is 0 Å². The van der Waals surface area contributed by atoms with Gasteiger partial charge in [-0.25, -0.2) is 52.7 Å². The average Bonchev–Trinajstić information content (AvgIpc) is 2.73. The van der Waals surface area contributed by atoms with E-state index in [-0.39, 0.29) is 12.1 Å². The highest BCUT2D eigenvalue weighted by Gasteiger charge is 2.44. The highest BCUT2D eigenvalue weighted by Crippen LogP contribution is 2.21. The van der Waals surface area contributed by atoms with Crippen molar-refractivity contribution in [3.8, 4) is 0 Å². The molecule has 0 bridgehead atoms. The fourth-order valence-corrected chi connectivity index (χ4v) is 6.24. The number of hydrogen-bond acceptors (Lipinski definition) is 0. The zero-order valence-corrected chi connectivity index (χ0v) is 16.4. The van der Waals surface area contributed by atoms with Crippen molar-refractivity contribution in [3.63, 3.8) is 0 Å². The zero-order chi connectivity index (χ0) is 24.2. The molecular weight excluding hydrogens is 483 g/mol. The van der Waals surface area contributed by atoms with Crippen LogP contribution in [-0.4, -0.2) is 14.1 Å². The Bertz CT molecular complexity index is 1180. The third kappa shape index (κ3) is 3.53. The van der Waals surface area contributed by atoms with Crippen LogP contribution in [0.15, 0.2) is 12.1 Å². The minimum atomic E-state index is -5.26. The van der Waals surface area contributed by atoms with E-state index in [1.807, 2.05) is 0 Å². The lowest BCUT2D eigenvalue weighted by Gasteiger charge is -2.20. The van der Waals surface area contributed by atoms with Crippen molar-refractivity contribution in [2.45, 2.75) is 6.92 Å². The summed E-state index contributed by atoms with van der Waals surface area (Å²) in [5, 5.41) is 0. The van der Waals surface area contributed by atoms with E-state index in [2.05, 4.69) is 0 Å². The van der Waals surface area contributed by atoms with Crippen LogP contribution in [-0.2, 0) is 0 Å². The van der Waals surface area contributed by atoms with Crippen molar-refractivity contribution in [2.75, 3.05) is 0 Å². The molecule has 0 aliphatic rings. The van der Waals surface area contributed by atoms with Gasteiger partial charge in [-0.05, 0) is 20.2 Å². The molecule has 0 atom stereocenters. The van der Waals surface area contributed by atoms with Crippen LogP contribution < -0.4 is 13.3 Å². The molecule has 0 fully saturated rings. The number of benzene rings is 3. The SMILES string of the molecule is Cc1c(F)c(F)[c]([Al]([c]2c(F)cc(F)c(F)c2F)[c]2c(F)cc(F)c(F)c2F)c(F)c1F. The molecule has 0 nitrogen and oxygen atoms in total. The molecule has 0 saturated heterocycles. The second-order valence-electron chi connectivity index (χ2n) is 6.49. The fourth-order valence-electron chi connectivity index (χ4n) is 3.13. The summed E-state index contributed by atoms with van der Waals surface area (Å²) in [5.74, 6) is -27.6. The fraction of sp³-hybridized carbons (Fsp3) is 0.0526. The second-order valence-corrected chi connectivity index (χ2v) is 9.09. The first kappa shape index (κ1) is 24.0. The Labute approximate surface area is 175 Å². The Balaban J connectivity index is 2.60. The van der Waals surface area contributed by atoms with E-state index in [1.165, 1.54) is 0 Å². The highest BCUT2D eigenvalue weighted by atomic mass is 27.2. The second kappa shape index (κ2) is 8.37. The molecule has 0 amide bonds. The zero-order valence-electron chi connectivity index (χ0n) is 15.3. The minimum absolute atomic E-state index is 0.361. The molecule has 0 saturated carbocycles. The van der Waals surface area contributed by atoms with Crippen LogP contribution in [0, 0.1) is 76.7 Å². The van der Waals surface area contributed by atoms with Gasteiger partial charge in [-0.15, -0.1) is 0 Å². The van der Waals surface area contributed by atoms with Crippen molar-refractivity contribution in [1.29, 1.82) is 0 Å². The third-order valence-corrected chi connectivity index (χ3v) is 7.98. The lowest BCUT2D eigenvalue weighted by atomic mass is 10.2. The monoisotopic (exact) mass is 488 g/mol. The van der Waals surface area contributed by atoms with Crippen molar-refractivity contribution in [1.82, 2.24) is 0 Å². The molecule has 3 aromatic rings. The van der Waals surface area contributed by atoms with Gasteiger partial charge >= 0.3 is 14.1 Å². The normalized spacial score (nSPS) is 11.3. The van der Waals surface area contributed by atoms with Crippen LogP contribution in [0.5, 0.6) is 0 Å². The smallest absolute Gasteiger partial charge is 0.208 e. The first-order valence-corrected chi connectivity index (χ1v) is 10.0. The minimum Gasteiger partial charge on any atom is -0.208 e. The van der Waals surface area contributed by atoms with E-state index < -0.39 is 103 Å². The predicted octanol–water partition coefficient (Wildman–Crippen LogP) is 4.18. The molecule has 3 rings (SSSR count). The summed E-state index contributed by atoms with van der Waals surface area (Å²) < 4.78 is 164. The molecule has 0 heterocycles. The quantitative estimate of drug-likeness (QED) is 0.225. The van der Waals surface area contributed by atoms with Gasteiger partial charge in [0, 0.05) is 17.7 Å². The van der Waals surface area contributed by atoms with Crippen molar-refractivity contribution >= 4 is 27.4 Å². The Hall–Kier alpha value is -2.65. The van der Waals surface area contributed by atoms with E-state index in [4.69, 9.17) is 0 Å². The predicted molar refractivity (Wildman–Crippen MR) is 88.2 cm³/mol. The van der Waals surface area contributed by atoms with Crippen molar-refractivity contribution < 1.29 is 52.7 Å². The van der Waals surface area contributed by atoms with Gasteiger partial charge in [-0.2, -0.15) is 0 Å². The summed E-state index contributed by atoms with van der Waals surface area (Å²) in [6.07, 6.45) is 0. The van der Waals surface area contributed by atoms with E-state index in [0.29, 0.717) is 6.92 Å². The molecule has 0 spiro atoms. The number of hydrogen-bond donors (Lipinski definition) is 0. The van der Waals surface area contributed by atoms with E-state index in [1.54, 1.807) is 0 Å². The van der Waals surface area contributed by atoms with Gasteiger partial charge in [-0.3, -0.25) is 0 Å². The maximum absolute atomic E-state index is 14.6. The van der Waals surface area contributed by atoms with Crippen LogP contribution >= 0.6 is 0 Å². The summed E-state index contributed by atoms with van der Waals surface area (Å²) in [6, 6.07) is -0.722. The molecule has 32 heavy (non-hydrogen) atoms. The van der Waals surface area contributed by atoms with Gasteiger partial charge in [0.05, 0.1) is 0 Å². The van der Waals surface area contributed by atoms with Gasteiger partial charge in [0.2, 0.25) is 0 Å². The van der Waals surface area contributed by atoms with Gasteiger partial charge in [0.15, 0.2) is 46.5 Å². The van der Waals surface area contributed by atoms with Crippen molar-refractivity contribution in [2.24, 2.45) is 0 Å². The van der Waals surface area contributed by atoms with E-state index in [0.717, 1.165) is 0 Å². The summed E-state index contributed by atoms with van der Waals surface area (Å²) in [7, 11) is 0. The lowest BCUT2D eigenvalue weighted by Crippen LogP contribution is -2.60. The van der Waals surface area contributed by atoms with Crippen molar-refractivity contribution in [3.05, 3.63) is 87.5 Å². The lowest BCUT2D eigenvalue weighted by molar-refractivity contribution is 0.437. The molecule has 0 aromatic heterocycles. The number of halogens is 12. The molecule has 168 valence electrons. The summed E-state index contributed by atoms with van der Waals surface area (Å²) in [5.41, 5.74) is -1.27. The molecule has 0 aliphatic carbocycles.